The summed E-state index contributed by atoms with van der Waals surface area (Å²) in [6.45, 7) is 4.15. The molecule has 0 fully saturated rings. The maximum Gasteiger partial charge on any atom is 0.257 e. The van der Waals surface area contributed by atoms with Gasteiger partial charge in [-0.1, -0.05) is 48.9 Å². The first-order valence-electron chi connectivity index (χ1n) is 8.46. The van der Waals surface area contributed by atoms with Gasteiger partial charge in [-0.3, -0.25) is 9.59 Å². The number of pyridine rings is 1. The van der Waals surface area contributed by atoms with Crippen molar-refractivity contribution in [1.29, 1.82) is 0 Å². The van der Waals surface area contributed by atoms with Gasteiger partial charge in [-0.05, 0) is 29.8 Å². The van der Waals surface area contributed by atoms with E-state index in [4.69, 9.17) is 11.6 Å². The van der Waals surface area contributed by atoms with Crippen molar-refractivity contribution in [3.63, 3.8) is 0 Å². The number of carbonyl (C=O) groups is 1. The van der Waals surface area contributed by atoms with Crippen LogP contribution < -0.4 is 16.1 Å². The zero-order valence-electron chi connectivity index (χ0n) is 14.4. The van der Waals surface area contributed by atoms with Crippen LogP contribution in [0.3, 0.4) is 0 Å². The molecule has 3 aromatic rings. The lowest BCUT2D eigenvalue weighted by Crippen LogP contribution is -2.28. The van der Waals surface area contributed by atoms with Crippen molar-refractivity contribution in [3.05, 3.63) is 80.6 Å². The zero-order chi connectivity index (χ0) is 18.5. The van der Waals surface area contributed by atoms with E-state index in [1.807, 2.05) is 24.3 Å². The van der Waals surface area contributed by atoms with E-state index in [9.17, 15) is 9.59 Å². The van der Waals surface area contributed by atoms with Gasteiger partial charge in [0.2, 0.25) is 5.43 Å². The third-order valence-electron chi connectivity index (χ3n) is 4.16. The van der Waals surface area contributed by atoms with Gasteiger partial charge in [0.1, 0.15) is 5.56 Å². The molecule has 0 aliphatic carbocycles. The molecular formula is C20H20ClN3O2. The summed E-state index contributed by atoms with van der Waals surface area (Å²) in [5.74, 6) is -0.412. The molecule has 3 N–H and O–H groups in total. The van der Waals surface area contributed by atoms with Crippen LogP contribution in [0.15, 0.2) is 53.5 Å². The summed E-state index contributed by atoms with van der Waals surface area (Å²) < 4.78 is 0. The molecule has 1 heterocycles. The molecule has 0 saturated carbocycles. The number of aromatic nitrogens is 1. The number of amides is 1. The van der Waals surface area contributed by atoms with E-state index in [0.717, 1.165) is 18.7 Å². The molecule has 5 nitrogen and oxygen atoms in total. The first-order chi connectivity index (χ1) is 12.6. The molecule has 0 aliphatic heterocycles. The zero-order valence-corrected chi connectivity index (χ0v) is 15.2. The molecule has 0 atom stereocenters. The van der Waals surface area contributed by atoms with Crippen LogP contribution >= 0.6 is 11.6 Å². The number of benzene rings is 2. The van der Waals surface area contributed by atoms with Crippen LogP contribution in [-0.4, -0.2) is 17.4 Å². The molecule has 6 heteroatoms. The molecular weight excluding hydrogens is 350 g/mol. The molecule has 1 aromatic heterocycles. The summed E-state index contributed by atoms with van der Waals surface area (Å²) in [6, 6.07) is 13.0. The number of H-pyrrole nitrogens is 1. The van der Waals surface area contributed by atoms with Crippen LogP contribution in [0.4, 0.5) is 0 Å². The lowest BCUT2D eigenvalue weighted by atomic mass is 10.1. The summed E-state index contributed by atoms with van der Waals surface area (Å²) in [5, 5.41) is 6.90. The Morgan fingerprint density at radius 1 is 1.08 bits per heavy atom. The molecule has 0 spiro atoms. The second-order valence-electron chi connectivity index (χ2n) is 5.97. The smallest absolute Gasteiger partial charge is 0.257 e. The van der Waals surface area contributed by atoms with Crippen molar-refractivity contribution in [2.24, 2.45) is 0 Å². The summed E-state index contributed by atoms with van der Waals surface area (Å²) in [6.07, 6.45) is 1.41. The number of hydrogen-bond donors (Lipinski definition) is 3. The van der Waals surface area contributed by atoms with Crippen LogP contribution in [0.2, 0.25) is 5.02 Å². The third kappa shape index (κ3) is 3.95. The SMILES string of the molecule is CCNCc1ccc(CNC(=O)c2c[nH]c3c(Cl)cccc3c2=O)cc1. The number of fused-ring (bicyclic) bond motifs is 1. The van der Waals surface area contributed by atoms with Crippen molar-refractivity contribution < 1.29 is 4.79 Å². The Bertz CT molecular complexity index is 981. The van der Waals surface area contributed by atoms with Crippen LogP contribution in [0.1, 0.15) is 28.4 Å². The quantitative estimate of drug-likeness (QED) is 0.624. The maximum absolute atomic E-state index is 12.5. The Morgan fingerprint density at radius 2 is 1.77 bits per heavy atom. The van der Waals surface area contributed by atoms with Crippen LogP contribution in [0.25, 0.3) is 10.9 Å². The average molecular weight is 370 g/mol. The lowest BCUT2D eigenvalue weighted by molar-refractivity contribution is 0.0949. The van der Waals surface area contributed by atoms with Gasteiger partial charge in [0.25, 0.3) is 5.91 Å². The van der Waals surface area contributed by atoms with Crippen LogP contribution in [-0.2, 0) is 13.1 Å². The third-order valence-corrected chi connectivity index (χ3v) is 4.48. The number of aromatic amines is 1. The Labute approximate surface area is 156 Å². The van der Waals surface area contributed by atoms with Gasteiger partial charge in [0.05, 0.1) is 10.5 Å². The molecule has 0 bridgehead atoms. The fourth-order valence-electron chi connectivity index (χ4n) is 2.71. The van der Waals surface area contributed by atoms with Gasteiger partial charge in [0, 0.05) is 24.7 Å². The standard InChI is InChI=1S/C20H20ClN3O2/c1-2-22-10-13-6-8-14(9-7-13)11-24-20(26)16-12-23-18-15(19(16)25)4-3-5-17(18)21/h3-9,12,22H,2,10-11H2,1H3,(H,23,25)(H,24,26). The molecule has 0 radical (unpaired) electrons. The Morgan fingerprint density at radius 3 is 2.46 bits per heavy atom. The van der Waals surface area contributed by atoms with Gasteiger partial charge in [-0.25, -0.2) is 0 Å². The highest BCUT2D eigenvalue weighted by Gasteiger charge is 2.13. The first kappa shape index (κ1) is 18.2. The van der Waals surface area contributed by atoms with Gasteiger partial charge in [-0.2, -0.15) is 0 Å². The second-order valence-corrected chi connectivity index (χ2v) is 6.38. The number of hydrogen-bond acceptors (Lipinski definition) is 3. The number of nitrogens with one attached hydrogen (secondary N) is 3. The van der Waals surface area contributed by atoms with Crippen molar-refractivity contribution in [1.82, 2.24) is 15.6 Å². The van der Waals surface area contributed by atoms with Gasteiger partial charge >= 0.3 is 0 Å². The minimum atomic E-state index is -0.412. The van der Waals surface area contributed by atoms with Gasteiger partial charge in [0.15, 0.2) is 0 Å². The van der Waals surface area contributed by atoms with E-state index in [-0.39, 0.29) is 11.0 Å². The molecule has 0 aliphatic rings. The Hall–Kier alpha value is -2.63. The molecule has 26 heavy (non-hydrogen) atoms. The topological polar surface area (TPSA) is 74.0 Å². The molecule has 3 rings (SSSR count). The minimum absolute atomic E-state index is 0.0727. The van der Waals surface area contributed by atoms with Gasteiger partial charge < -0.3 is 15.6 Å². The highest BCUT2D eigenvalue weighted by molar-refractivity contribution is 6.35. The number of halogens is 1. The van der Waals surface area contributed by atoms with E-state index in [2.05, 4.69) is 22.5 Å². The fraction of sp³-hybridized carbons (Fsp3) is 0.200. The van der Waals surface area contributed by atoms with Crippen LogP contribution in [0, 0.1) is 0 Å². The monoisotopic (exact) mass is 369 g/mol. The average Bonchev–Trinajstić information content (AvgIpc) is 2.66. The summed E-state index contributed by atoms with van der Waals surface area (Å²) >= 11 is 6.07. The lowest BCUT2D eigenvalue weighted by Gasteiger charge is -2.08. The molecule has 0 unspecified atom stereocenters. The Kier molecular flexibility index (Phi) is 5.71. The normalized spacial score (nSPS) is 10.8. The van der Waals surface area contributed by atoms with Crippen molar-refractivity contribution in [2.75, 3.05) is 6.54 Å². The predicted octanol–water partition coefficient (Wildman–Crippen LogP) is 3.22. The van der Waals surface area contributed by atoms with Crippen molar-refractivity contribution in [3.8, 4) is 0 Å². The molecule has 1 amide bonds. The summed E-state index contributed by atoms with van der Waals surface area (Å²) in [7, 11) is 0. The van der Waals surface area contributed by atoms with E-state index in [0.29, 0.717) is 22.5 Å². The second kappa shape index (κ2) is 8.17. The number of rotatable bonds is 6. The largest absolute Gasteiger partial charge is 0.359 e. The molecule has 2 aromatic carbocycles. The fourth-order valence-corrected chi connectivity index (χ4v) is 2.93. The number of carbonyl (C=O) groups excluding carboxylic acids is 1. The highest BCUT2D eigenvalue weighted by atomic mass is 35.5. The highest BCUT2D eigenvalue weighted by Crippen LogP contribution is 2.18. The molecule has 134 valence electrons. The van der Waals surface area contributed by atoms with Crippen molar-refractivity contribution in [2.45, 2.75) is 20.0 Å². The van der Waals surface area contributed by atoms with Crippen molar-refractivity contribution >= 4 is 28.4 Å². The van der Waals surface area contributed by atoms with Crippen LogP contribution in [0.5, 0.6) is 0 Å². The van der Waals surface area contributed by atoms with E-state index in [1.165, 1.54) is 11.8 Å². The number of para-hydroxylation sites is 1. The maximum atomic E-state index is 12.5. The predicted molar refractivity (Wildman–Crippen MR) is 105 cm³/mol. The molecule has 0 saturated heterocycles. The first-order valence-corrected chi connectivity index (χ1v) is 8.84. The van der Waals surface area contributed by atoms with E-state index < -0.39 is 5.91 Å². The van der Waals surface area contributed by atoms with Gasteiger partial charge in [-0.15, -0.1) is 0 Å². The Balaban J connectivity index is 1.71. The minimum Gasteiger partial charge on any atom is -0.359 e. The van der Waals surface area contributed by atoms with E-state index in [1.54, 1.807) is 18.2 Å². The van der Waals surface area contributed by atoms with E-state index >= 15 is 0 Å². The summed E-state index contributed by atoms with van der Waals surface area (Å²) in [4.78, 5) is 27.9. The summed E-state index contributed by atoms with van der Waals surface area (Å²) in [5.41, 5.74) is 2.43.